The molecule has 0 aliphatic heterocycles. The number of unbranched alkanes of at least 4 members (excludes halogenated alkanes) is 3. The SMILES string of the molecule is CCCCCCN(C)Cc1cccc(NC(=O)Nc2csc(-c3ccncc3)n2)n1. The summed E-state index contributed by atoms with van der Waals surface area (Å²) in [6.07, 6.45) is 8.42. The van der Waals surface area contributed by atoms with Gasteiger partial charge in [-0.3, -0.25) is 15.6 Å². The minimum Gasteiger partial charge on any atom is -0.301 e. The van der Waals surface area contributed by atoms with Crippen molar-refractivity contribution in [3.8, 4) is 10.6 Å². The van der Waals surface area contributed by atoms with Gasteiger partial charge >= 0.3 is 6.03 Å². The number of nitrogens with one attached hydrogen (secondary N) is 2. The van der Waals surface area contributed by atoms with Gasteiger partial charge in [0, 0.05) is 29.9 Å². The van der Waals surface area contributed by atoms with E-state index in [1.165, 1.54) is 37.0 Å². The summed E-state index contributed by atoms with van der Waals surface area (Å²) in [5, 5.41) is 8.19. The predicted octanol–water partition coefficient (Wildman–Crippen LogP) is 5.26. The molecule has 0 radical (unpaired) electrons. The summed E-state index contributed by atoms with van der Waals surface area (Å²) in [5.41, 5.74) is 1.90. The summed E-state index contributed by atoms with van der Waals surface area (Å²) in [5.74, 6) is 1.03. The maximum Gasteiger partial charge on any atom is 0.326 e. The molecular weight excluding hydrogens is 396 g/mol. The molecule has 0 aromatic carbocycles. The Morgan fingerprint density at radius 1 is 1.03 bits per heavy atom. The van der Waals surface area contributed by atoms with E-state index in [4.69, 9.17) is 0 Å². The lowest BCUT2D eigenvalue weighted by atomic mass is 10.2. The second kappa shape index (κ2) is 11.4. The van der Waals surface area contributed by atoms with Crippen molar-refractivity contribution in [1.82, 2.24) is 19.9 Å². The van der Waals surface area contributed by atoms with E-state index in [2.05, 4.69) is 44.5 Å². The lowest BCUT2D eigenvalue weighted by molar-refractivity contribution is 0.262. The van der Waals surface area contributed by atoms with Crippen LogP contribution in [0.15, 0.2) is 48.1 Å². The van der Waals surface area contributed by atoms with E-state index in [-0.39, 0.29) is 6.03 Å². The fourth-order valence-corrected chi connectivity index (χ4v) is 3.78. The normalized spacial score (nSPS) is 10.9. The molecule has 3 rings (SSSR count). The highest BCUT2D eigenvalue weighted by molar-refractivity contribution is 7.13. The predicted molar refractivity (Wildman–Crippen MR) is 123 cm³/mol. The highest BCUT2D eigenvalue weighted by Gasteiger charge is 2.09. The van der Waals surface area contributed by atoms with Crippen molar-refractivity contribution in [3.05, 3.63) is 53.8 Å². The Labute approximate surface area is 181 Å². The first-order valence-corrected chi connectivity index (χ1v) is 11.1. The molecule has 2 N–H and O–H groups in total. The van der Waals surface area contributed by atoms with Crippen LogP contribution in [0.1, 0.15) is 38.3 Å². The number of nitrogens with zero attached hydrogens (tertiary/aromatic N) is 4. The first-order valence-electron chi connectivity index (χ1n) is 10.2. The van der Waals surface area contributed by atoms with Crippen LogP contribution in [0.5, 0.6) is 0 Å². The molecule has 3 aromatic rings. The number of anilines is 2. The van der Waals surface area contributed by atoms with Crippen LogP contribution in [0.3, 0.4) is 0 Å². The maximum atomic E-state index is 12.3. The minimum atomic E-state index is -0.362. The first-order chi connectivity index (χ1) is 14.6. The molecular formula is C22H28N6OS. The van der Waals surface area contributed by atoms with Crippen LogP contribution in [0.4, 0.5) is 16.4 Å². The molecule has 0 spiro atoms. The fraction of sp³-hybridized carbons (Fsp3) is 0.364. The lowest BCUT2D eigenvalue weighted by Crippen LogP contribution is -2.22. The van der Waals surface area contributed by atoms with Gasteiger partial charge < -0.3 is 4.90 Å². The van der Waals surface area contributed by atoms with Crippen LogP contribution in [0.2, 0.25) is 0 Å². The van der Waals surface area contributed by atoms with Crippen LogP contribution in [-0.2, 0) is 6.54 Å². The number of amides is 2. The number of aromatic nitrogens is 3. The molecule has 0 aliphatic rings. The van der Waals surface area contributed by atoms with E-state index in [0.717, 1.165) is 29.4 Å². The second-order valence-corrected chi connectivity index (χ2v) is 8.02. The largest absolute Gasteiger partial charge is 0.326 e. The number of hydrogen-bond donors (Lipinski definition) is 2. The maximum absolute atomic E-state index is 12.3. The molecule has 0 saturated heterocycles. The summed E-state index contributed by atoms with van der Waals surface area (Å²) in [6.45, 7) is 4.02. The number of rotatable bonds is 10. The highest BCUT2D eigenvalue weighted by atomic mass is 32.1. The van der Waals surface area contributed by atoms with Crippen LogP contribution < -0.4 is 10.6 Å². The third kappa shape index (κ3) is 6.89. The minimum absolute atomic E-state index is 0.362. The zero-order valence-electron chi connectivity index (χ0n) is 17.5. The summed E-state index contributed by atoms with van der Waals surface area (Å²) >= 11 is 1.47. The van der Waals surface area contributed by atoms with Crippen molar-refractivity contribution < 1.29 is 4.79 Å². The quantitative estimate of drug-likeness (QED) is 0.434. The Morgan fingerprint density at radius 3 is 2.63 bits per heavy atom. The Morgan fingerprint density at radius 2 is 1.83 bits per heavy atom. The van der Waals surface area contributed by atoms with E-state index in [9.17, 15) is 4.79 Å². The van der Waals surface area contributed by atoms with Gasteiger partial charge in [0.1, 0.15) is 16.6 Å². The standard InChI is InChI=1S/C22H28N6OS/c1-3-4-5-6-14-28(2)15-18-8-7-9-19(24-18)26-22(29)27-20-16-30-21(25-20)17-10-12-23-13-11-17/h7-13,16H,3-6,14-15H2,1-2H3,(H2,24,26,27,29). The molecule has 0 bridgehead atoms. The van der Waals surface area contributed by atoms with E-state index in [1.54, 1.807) is 18.5 Å². The van der Waals surface area contributed by atoms with Crippen LogP contribution in [-0.4, -0.2) is 39.5 Å². The summed E-state index contributed by atoms with van der Waals surface area (Å²) in [4.78, 5) is 27.6. The summed E-state index contributed by atoms with van der Waals surface area (Å²) in [6, 6.07) is 9.09. The highest BCUT2D eigenvalue weighted by Crippen LogP contribution is 2.25. The Bertz CT molecular complexity index is 930. The molecule has 0 unspecified atom stereocenters. The average molecular weight is 425 g/mol. The van der Waals surface area contributed by atoms with E-state index in [0.29, 0.717) is 11.6 Å². The van der Waals surface area contributed by atoms with E-state index < -0.39 is 0 Å². The van der Waals surface area contributed by atoms with Crippen molar-refractivity contribution in [3.63, 3.8) is 0 Å². The zero-order chi connectivity index (χ0) is 21.2. The summed E-state index contributed by atoms with van der Waals surface area (Å²) in [7, 11) is 2.10. The molecule has 0 aliphatic carbocycles. The molecule has 0 atom stereocenters. The number of urea groups is 1. The fourth-order valence-electron chi connectivity index (χ4n) is 3.02. The Balaban J connectivity index is 1.51. The number of pyridine rings is 2. The van der Waals surface area contributed by atoms with Gasteiger partial charge in [-0.25, -0.2) is 14.8 Å². The molecule has 8 heteroatoms. The van der Waals surface area contributed by atoms with Crippen molar-refractivity contribution >= 4 is 29.0 Å². The Hall–Kier alpha value is -2.84. The number of carbonyl (C=O) groups excluding carboxylic acids is 1. The van der Waals surface area contributed by atoms with Gasteiger partial charge in [-0.2, -0.15) is 0 Å². The molecule has 0 fully saturated rings. The average Bonchev–Trinajstić information content (AvgIpc) is 3.20. The van der Waals surface area contributed by atoms with Crippen LogP contribution in [0.25, 0.3) is 10.6 Å². The molecule has 30 heavy (non-hydrogen) atoms. The number of carbonyl (C=O) groups is 1. The third-order valence-corrected chi connectivity index (χ3v) is 5.44. The third-order valence-electron chi connectivity index (χ3n) is 4.55. The van der Waals surface area contributed by atoms with Crippen LogP contribution in [0, 0.1) is 0 Å². The Kier molecular flexibility index (Phi) is 8.29. The number of hydrogen-bond acceptors (Lipinski definition) is 6. The van der Waals surface area contributed by atoms with E-state index in [1.807, 2.05) is 29.6 Å². The van der Waals surface area contributed by atoms with Crippen molar-refractivity contribution in [2.75, 3.05) is 24.2 Å². The molecule has 2 amide bonds. The van der Waals surface area contributed by atoms with Gasteiger partial charge in [-0.1, -0.05) is 32.3 Å². The molecule has 7 nitrogen and oxygen atoms in total. The topological polar surface area (TPSA) is 83.0 Å². The second-order valence-electron chi connectivity index (χ2n) is 7.17. The molecule has 158 valence electrons. The van der Waals surface area contributed by atoms with Gasteiger partial charge in [-0.15, -0.1) is 11.3 Å². The van der Waals surface area contributed by atoms with Gasteiger partial charge in [0.2, 0.25) is 0 Å². The van der Waals surface area contributed by atoms with Crippen molar-refractivity contribution in [2.45, 2.75) is 39.2 Å². The molecule has 3 heterocycles. The van der Waals surface area contributed by atoms with Gasteiger partial charge in [0.05, 0.1) is 5.69 Å². The van der Waals surface area contributed by atoms with Gasteiger partial charge in [0.25, 0.3) is 0 Å². The number of thiazole rings is 1. The monoisotopic (exact) mass is 424 g/mol. The lowest BCUT2D eigenvalue weighted by Gasteiger charge is -2.16. The van der Waals surface area contributed by atoms with E-state index >= 15 is 0 Å². The van der Waals surface area contributed by atoms with Crippen molar-refractivity contribution in [1.29, 1.82) is 0 Å². The first kappa shape index (κ1) is 21.9. The molecule has 0 saturated carbocycles. The van der Waals surface area contributed by atoms with Gasteiger partial charge in [-0.05, 0) is 44.3 Å². The zero-order valence-corrected chi connectivity index (χ0v) is 18.3. The smallest absolute Gasteiger partial charge is 0.301 e. The van der Waals surface area contributed by atoms with Gasteiger partial charge in [0.15, 0.2) is 0 Å². The summed E-state index contributed by atoms with van der Waals surface area (Å²) < 4.78 is 0. The molecule has 3 aromatic heterocycles. The van der Waals surface area contributed by atoms with Crippen molar-refractivity contribution in [2.24, 2.45) is 0 Å². The van der Waals surface area contributed by atoms with Crippen LogP contribution >= 0.6 is 11.3 Å².